The Labute approximate surface area is 192 Å². The molecule has 0 spiro atoms. The van der Waals surface area contributed by atoms with Crippen LogP contribution in [0.3, 0.4) is 0 Å². The summed E-state index contributed by atoms with van der Waals surface area (Å²) in [5.74, 6) is -1.25. The zero-order chi connectivity index (χ0) is 19.1. The molecule has 139 valence electrons. The third-order valence-corrected chi connectivity index (χ3v) is 3.31. The smallest absolute Gasteiger partial charge is 0.323 e. The van der Waals surface area contributed by atoms with E-state index in [9.17, 15) is 9.59 Å². The molecule has 10 heteroatoms. The van der Waals surface area contributed by atoms with Crippen LogP contribution >= 0.6 is 0 Å². The van der Waals surface area contributed by atoms with Crippen molar-refractivity contribution >= 4 is 35.0 Å². The summed E-state index contributed by atoms with van der Waals surface area (Å²) in [6.07, 6.45) is 0.0966. The van der Waals surface area contributed by atoms with Gasteiger partial charge in [-0.2, -0.15) is 0 Å². The van der Waals surface area contributed by atoms with Gasteiger partial charge in [-0.05, 0) is 48.4 Å². The average molecular weight is 582 g/mol. The van der Waals surface area contributed by atoms with Crippen molar-refractivity contribution in [1.29, 1.82) is 0 Å². The minimum Gasteiger partial charge on any atom is -0.665 e. The fraction of sp³-hybridized carbons (Fsp3) is 0.118. The molecule has 1 unspecified atom stereocenters. The Kier molecular flexibility index (Phi) is 9.22. The van der Waals surface area contributed by atoms with Gasteiger partial charge in [-0.25, -0.2) is 9.79 Å². The third-order valence-electron chi connectivity index (χ3n) is 3.31. The zero-order valence-electron chi connectivity index (χ0n) is 14.3. The number of benzene rings is 2. The van der Waals surface area contributed by atoms with Gasteiger partial charge in [-0.15, -0.1) is 0 Å². The number of aliphatic carboxylic acids is 1. The Morgan fingerprint density at radius 1 is 1.07 bits per heavy atom. The van der Waals surface area contributed by atoms with Crippen molar-refractivity contribution in [3.8, 4) is 0 Å². The van der Waals surface area contributed by atoms with E-state index in [1.165, 1.54) is 0 Å². The summed E-state index contributed by atoms with van der Waals surface area (Å²) in [5.41, 5.74) is 20.3. The second-order valence-electron chi connectivity index (χ2n) is 5.46. The summed E-state index contributed by atoms with van der Waals surface area (Å²) < 4.78 is 0. The molecule has 0 saturated carbocycles. The number of hydrogen-bond acceptors (Lipinski definition) is 3. The number of rotatable bonds is 6. The van der Waals surface area contributed by atoms with Gasteiger partial charge in [0.25, 0.3) is 5.97 Å². The van der Waals surface area contributed by atoms with Gasteiger partial charge < -0.3 is 32.9 Å². The molecule has 0 bridgehead atoms. The summed E-state index contributed by atoms with van der Waals surface area (Å²) in [4.78, 5) is 26.7. The molecule has 0 heterocycles. The number of carboxylic acids is 1. The van der Waals surface area contributed by atoms with Gasteiger partial charge in [0.1, 0.15) is 0 Å². The van der Waals surface area contributed by atoms with Crippen molar-refractivity contribution in [2.75, 3.05) is 10.6 Å². The number of carboxylic acid groups (broad SMARTS) is 1. The molecule has 0 aliphatic rings. The molecule has 27 heavy (non-hydrogen) atoms. The van der Waals surface area contributed by atoms with Crippen molar-refractivity contribution in [2.45, 2.75) is 12.5 Å². The minimum absolute atomic E-state index is 0. The number of carbonyl (C=O) groups excluding carboxylic acids is 1. The molecular formula is C17H19AcN6O3-. The number of amides is 2. The first-order chi connectivity index (χ1) is 12.3. The maximum absolute atomic E-state index is 12.1. The molecule has 0 aliphatic heterocycles. The van der Waals surface area contributed by atoms with Crippen LogP contribution < -0.4 is 22.1 Å². The second-order valence-corrected chi connectivity index (χ2v) is 5.46. The van der Waals surface area contributed by atoms with Crippen molar-refractivity contribution in [2.24, 2.45) is 16.5 Å². The first-order valence-electron chi connectivity index (χ1n) is 7.64. The summed E-state index contributed by atoms with van der Waals surface area (Å²) in [6.45, 7) is 0. The number of aliphatic imine (C=N–C) groups is 1. The van der Waals surface area contributed by atoms with Crippen molar-refractivity contribution in [1.82, 2.24) is 0 Å². The largest absolute Gasteiger partial charge is 0.665 e. The molecule has 0 aliphatic carbocycles. The average Bonchev–Trinajstić information content (AvgIpc) is 2.56. The molecule has 2 aromatic carbocycles. The van der Waals surface area contributed by atoms with Crippen LogP contribution in [-0.4, -0.2) is 29.1 Å². The predicted octanol–water partition coefficient (Wildman–Crippen LogP) is 2.28. The first-order valence-corrected chi connectivity index (χ1v) is 7.64. The number of guanidine groups is 1. The Balaban J connectivity index is 0.00000364. The zero-order valence-corrected chi connectivity index (χ0v) is 19.1. The molecular weight excluding hydrogens is 563 g/mol. The standard InChI is InChI=1S/C17H19N6O3.Ac/c18-14(15(24)25)8-10-4-6-11(7-5-10)22-17(26)23-13-3-1-2-12(9-13)21-16(19)20;/h1-7,9,14,18H,8H2,(H,24,25)(H4,19,20,21)(H2,22,23,26);/q-1;. The van der Waals surface area contributed by atoms with E-state index in [4.69, 9.17) is 22.3 Å². The van der Waals surface area contributed by atoms with E-state index >= 15 is 0 Å². The fourth-order valence-corrected chi connectivity index (χ4v) is 2.14. The van der Waals surface area contributed by atoms with Crippen LogP contribution in [0.5, 0.6) is 0 Å². The van der Waals surface area contributed by atoms with Gasteiger partial charge >= 0.3 is 6.03 Å². The molecule has 9 nitrogen and oxygen atoms in total. The fourth-order valence-electron chi connectivity index (χ4n) is 2.14. The van der Waals surface area contributed by atoms with E-state index in [2.05, 4.69) is 15.6 Å². The summed E-state index contributed by atoms with van der Waals surface area (Å²) >= 11 is 0. The number of carbonyl (C=O) groups is 2. The normalized spacial score (nSPS) is 10.9. The molecule has 2 aromatic rings. The predicted molar refractivity (Wildman–Crippen MR) is 100 cm³/mol. The Morgan fingerprint density at radius 3 is 2.30 bits per heavy atom. The number of nitrogens with two attached hydrogens (primary N) is 2. The Morgan fingerprint density at radius 2 is 1.70 bits per heavy atom. The van der Waals surface area contributed by atoms with E-state index in [-0.39, 0.29) is 56.4 Å². The Hall–Kier alpha value is -2.15. The van der Waals surface area contributed by atoms with Gasteiger partial charge in [0, 0.05) is 55.4 Å². The molecule has 2 amide bonds. The first kappa shape index (κ1) is 22.9. The van der Waals surface area contributed by atoms with Crippen LogP contribution in [0.4, 0.5) is 21.9 Å². The summed E-state index contributed by atoms with van der Waals surface area (Å²) in [6, 6.07) is 11.6. The Bertz CT molecular complexity index is 822. The van der Waals surface area contributed by atoms with Crippen LogP contribution in [0, 0.1) is 44.1 Å². The van der Waals surface area contributed by atoms with Crippen molar-refractivity contribution in [3.63, 3.8) is 0 Å². The van der Waals surface area contributed by atoms with Crippen LogP contribution in [0.1, 0.15) is 5.56 Å². The SMILES string of the molecule is [Ac].[NH-]C(Cc1ccc(NC(=O)Nc2cccc(N=C(N)N)c2)cc1)C(=O)O. The maximum Gasteiger partial charge on any atom is 0.323 e. The minimum atomic E-state index is -1.21. The van der Waals surface area contributed by atoms with E-state index in [1.807, 2.05) is 0 Å². The molecule has 0 saturated heterocycles. The summed E-state index contributed by atoms with van der Waals surface area (Å²) in [5, 5.41) is 14.1. The van der Waals surface area contributed by atoms with Gasteiger partial charge in [-0.1, -0.05) is 18.2 Å². The van der Waals surface area contributed by atoms with Crippen LogP contribution in [0.2, 0.25) is 0 Å². The van der Waals surface area contributed by atoms with Gasteiger partial charge in [0.05, 0.1) is 5.69 Å². The molecule has 8 N–H and O–H groups in total. The monoisotopic (exact) mass is 582 g/mol. The number of hydrogen-bond donors (Lipinski definition) is 5. The van der Waals surface area contributed by atoms with Crippen LogP contribution in [0.25, 0.3) is 5.73 Å². The second kappa shape index (κ2) is 10.9. The van der Waals surface area contributed by atoms with Gasteiger partial charge in [0.2, 0.25) is 0 Å². The topological polar surface area (TPSA) is 167 Å². The summed E-state index contributed by atoms with van der Waals surface area (Å²) in [7, 11) is 0. The van der Waals surface area contributed by atoms with Gasteiger partial charge in [-0.3, -0.25) is 4.79 Å². The van der Waals surface area contributed by atoms with E-state index in [1.54, 1.807) is 48.5 Å². The third kappa shape index (κ3) is 7.95. The van der Waals surface area contributed by atoms with E-state index < -0.39 is 18.0 Å². The molecule has 1 radical (unpaired) electrons. The molecule has 0 fully saturated rings. The van der Waals surface area contributed by atoms with E-state index in [0.717, 1.165) is 0 Å². The molecule has 2 rings (SSSR count). The number of nitrogens with zero attached hydrogens (tertiary/aromatic N) is 1. The van der Waals surface area contributed by atoms with Crippen molar-refractivity contribution in [3.05, 3.63) is 59.8 Å². The quantitative estimate of drug-likeness (QED) is 0.260. The van der Waals surface area contributed by atoms with Crippen LogP contribution in [0.15, 0.2) is 53.5 Å². The van der Waals surface area contributed by atoms with Crippen molar-refractivity contribution < 1.29 is 58.8 Å². The molecule has 0 aromatic heterocycles. The number of anilines is 2. The van der Waals surface area contributed by atoms with Crippen LogP contribution in [-0.2, 0) is 11.2 Å². The number of urea groups is 1. The van der Waals surface area contributed by atoms with E-state index in [0.29, 0.717) is 22.6 Å². The maximum atomic E-state index is 12.1. The number of nitrogens with one attached hydrogen (secondary N) is 3. The van der Waals surface area contributed by atoms with Gasteiger partial charge in [0.15, 0.2) is 5.96 Å². The molecule has 1 atom stereocenters.